The topological polar surface area (TPSA) is 42.4 Å². The SMILES string of the molecule is COC(=O)c1sc(N2CCCC(C(C)C)CC2)nc1Cl. The number of esters is 1. The minimum absolute atomic E-state index is 0.251. The van der Waals surface area contributed by atoms with Crippen LogP contribution in [0.3, 0.4) is 0 Å². The Morgan fingerprint density at radius 3 is 2.85 bits per heavy atom. The second-order valence-corrected chi connectivity index (χ2v) is 6.87. The number of rotatable bonds is 3. The van der Waals surface area contributed by atoms with Gasteiger partial charge in [-0.2, -0.15) is 0 Å². The average molecular weight is 317 g/mol. The summed E-state index contributed by atoms with van der Waals surface area (Å²) in [5, 5.41) is 1.08. The van der Waals surface area contributed by atoms with Crippen LogP contribution in [0.4, 0.5) is 5.13 Å². The lowest BCUT2D eigenvalue weighted by atomic mass is 9.89. The van der Waals surface area contributed by atoms with Gasteiger partial charge in [-0.1, -0.05) is 36.8 Å². The Labute approximate surface area is 129 Å². The fourth-order valence-electron chi connectivity index (χ4n) is 2.62. The predicted octanol–water partition coefficient (Wildman–Crippen LogP) is 3.85. The lowest BCUT2D eigenvalue weighted by Crippen LogP contribution is -2.24. The van der Waals surface area contributed by atoms with E-state index < -0.39 is 5.97 Å². The smallest absolute Gasteiger partial charge is 0.351 e. The molecule has 112 valence electrons. The first-order valence-corrected chi connectivity index (χ1v) is 8.22. The first kappa shape index (κ1) is 15.6. The molecule has 0 aromatic carbocycles. The normalized spacial score (nSPS) is 20.1. The van der Waals surface area contributed by atoms with E-state index in [2.05, 4.69) is 23.7 Å². The number of thiazole rings is 1. The number of hydrogen-bond donors (Lipinski definition) is 0. The number of carbonyl (C=O) groups is 1. The van der Waals surface area contributed by atoms with E-state index >= 15 is 0 Å². The summed E-state index contributed by atoms with van der Waals surface area (Å²) in [5.41, 5.74) is 0. The van der Waals surface area contributed by atoms with Gasteiger partial charge in [0.1, 0.15) is 0 Å². The van der Waals surface area contributed by atoms with Crippen LogP contribution in [0.25, 0.3) is 0 Å². The lowest BCUT2D eigenvalue weighted by Gasteiger charge is -2.20. The van der Waals surface area contributed by atoms with Crippen LogP contribution in [0, 0.1) is 11.8 Å². The minimum atomic E-state index is -0.409. The number of hydrogen-bond acceptors (Lipinski definition) is 5. The molecule has 4 nitrogen and oxygen atoms in total. The van der Waals surface area contributed by atoms with E-state index in [4.69, 9.17) is 16.3 Å². The van der Waals surface area contributed by atoms with E-state index in [9.17, 15) is 4.79 Å². The third-order valence-electron chi connectivity index (χ3n) is 3.93. The number of anilines is 1. The van der Waals surface area contributed by atoms with Crippen molar-refractivity contribution in [2.24, 2.45) is 11.8 Å². The Hall–Kier alpha value is -0.810. The molecule has 1 aromatic heterocycles. The van der Waals surface area contributed by atoms with Crippen LogP contribution in [-0.2, 0) is 4.74 Å². The number of ether oxygens (including phenoxy) is 1. The summed E-state index contributed by atoms with van der Waals surface area (Å²) in [7, 11) is 1.36. The molecule has 1 atom stereocenters. The molecule has 1 aliphatic rings. The van der Waals surface area contributed by atoms with E-state index in [0.717, 1.165) is 36.5 Å². The molecule has 1 saturated heterocycles. The van der Waals surface area contributed by atoms with Crippen molar-refractivity contribution in [1.29, 1.82) is 0 Å². The van der Waals surface area contributed by atoms with Crippen LogP contribution in [0.5, 0.6) is 0 Å². The van der Waals surface area contributed by atoms with Crippen LogP contribution < -0.4 is 4.90 Å². The van der Waals surface area contributed by atoms with Gasteiger partial charge in [-0.25, -0.2) is 9.78 Å². The van der Waals surface area contributed by atoms with Crippen molar-refractivity contribution in [3.05, 3.63) is 10.0 Å². The van der Waals surface area contributed by atoms with Crippen LogP contribution in [-0.4, -0.2) is 31.2 Å². The molecular formula is C14H21ClN2O2S. The fourth-order valence-corrected chi connectivity index (χ4v) is 3.88. The maximum atomic E-state index is 11.6. The third kappa shape index (κ3) is 3.44. The van der Waals surface area contributed by atoms with Gasteiger partial charge in [0.2, 0.25) is 0 Å². The van der Waals surface area contributed by atoms with Crippen LogP contribution in [0.15, 0.2) is 0 Å². The van der Waals surface area contributed by atoms with Crippen molar-refractivity contribution in [3.63, 3.8) is 0 Å². The standard InChI is InChI=1S/C14H21ClN2O2S/c1-9(2)10-5-4-7-17(8-6-10)14-16-12(15)11(20-14)13(18)19-3/h9-10H,4-8H2,1-3H3. The molecule has 0 aliphatic carbocycles. The average Bonchev–Trinajstić information content (AvgIpc) is 2.65. The molecule has 2 rings (SSSR count). The van der Waals surface area contributed by atoms with Gasteiger partial charge in [-0.15, -0.1) is 0 Å². The van der Waals surface area contributed by atoms with Gasteiger partial charge < -0.3 is 9.64 Å². The molecule has 0 saturated carbocycles. The molecule has 1 aliphatic heterocycles. The van der Waals surface area contributed by atoms with Crippen molar-refractivity contribution < 1.29 is 9.53 Å². The van der Waals surface area contributed by atoms with Crippen molar-refractivity contribution in [1.82, 2.24) is 4.98 Å². The van der Waals surface area contributed by atoms with E-state index in [0.29, 0.717) is 4.88 Å². The van der Waals surface area contributed by atoms with Crippen molar-refractivity contribution in [2.45, 2.75) is 33.1 Å². The Morgan fingerprint density at radius 1 is 1.45 bits per heavy atom. The Morgan fingerprint density at radius 2 is 2.20 bits per heavy atom. The summed E-state index contributed by atoms with van der Waals surface area (Å²) < 4.78 is 4.72. The van der Waals surface area contributed by atoms with Gasteiger partial charge in [0.15, 0.2) is 15.2 Å². The second kappa shape index (κ2) is 6.76. The number of aromatic nitrogens is 1. The summed E-state index contributed by atoms with van der Waals surface area (Å²) >= 11 is 7.36. The summed E-state index contributed by atoms with van der Waals surface area (Å²) in [5.74, 6) is 1.09. The van der Waals surface area contributed by atoms with Gasteiger partial charge in [-0.05, 0) is 31.1 Å². The highest BCUT2D eigenvalue weighted by Crippen LogP contribution is 2.33. The Balaban J connectivity index is 2.10. The van der Waals surface area contributed by atoms with E-state index in [1.807, 2.05) is 0 Å². The Bertz CT molecular complexity index is 476. The zero-order chi connectivity index (χ0) is 14.7. The third-order valence-corrected chi connectivity index (χ3v) is 5.41. The summed E-state index contributed by atoms with van der Waals surface area (Å²) in [6, 6.07) is 0. The molecule has 0 N–H and O–H groups in total. The highest BCUT2D eigenvalue weighted by Gasteiger charge is 2.24. The van der Waals surface area contributed by atoms with E-state index in [1.165, 1.54) is 31.3 Å². The monoisotopic (exact) mass is 316 g/mol. The predicted molar refractivity (Wildman–Crippen MR) is 82.9 cm³/mol. The van der Waals surface area contributed by atoms with Gasteiger partial charge in [0, 0.05) is 13.1 Å². The molecule has 20 heavy (non-hydrogen) atoms. The molecular weight excluding hydrogens is 296 g/mol. The zero-order valence-electron chi connectivity index (χ0n) is 12.2. The molecule has 0 spiro atoms. The fraction of sp³-hybridized carbons (Fsp3) is 0.714. The lowest BCUT2D eigenvalue weighted by molar-refractivity contribution is 0.0606. The molecule has 1 unspecified atom stereocenters. The van der Waals surface area contributed by atoms with E-state index in [-0.39, 0.29) is 5.15 Å². The molecule has 1 aromatic rings. The maximum Gasteiger partial charge on any atom is 0.351 e. The quantitative estimate of drug-likeness (QED) is 0.794. The van der Waals surface area contributed by atoms with Crippen LogP contribution >= 0.6 is 22.9 Å². The van der Waals surface area contributed by atoms with E-state index in [1.54, 1.807) is 0 Å². The molecule has 0 radical (unpaired) electrons. The van der Waals surface area contributed by atoms with Crippen LogP contribution in [0.2, 0.25) is 5.15 Å². The van der Waals surface area contributed by atoms with Crippen molar-refractivity contribution in [3.8, 4) is 0 Å². The number of halogens is 1. The summed E-state index contributed by atoms with van der Waals surface area (Å²) in [6.45, 7) is 6.53. The molecule has 0 amide bonds. The Kier molecular flexibility index (Phi) is 5.27. The molecule has 6 heteroatoms. The minimum Gasteiger partial charge on any atom is -0.465 e. The first-order chi connectivity index (χ1) is 9.52. The van der Waals surface area contributed by atoms with Gasteiger partial charge in [0.25, 0.3) is 0 Å². The highest BCUT2D eigenvalue weighted by molar-refractivity contribution is 7.18. The maximum absolute atomic E-state index is 11.6. The molecule has 2 heterocycles. The molecule has 0 bridgehead atoms. The largest absolute Gasteiger partial charge is 0.465 e. The van der Waals surface area contributed by atoms with Gasteiger partial charge in [-0.3, -0.25) is 0 Å². The number of methoxy groups -OCH3 is 1. The van der Waals surface area contributed by atoms with Crippen LogP contribution in [0.1, 0.15) is 42.8 Å². The number of nitrogens with zero attached hydrogens (tertiary/aromatic N) is 2. The number of carbonyl (C=O) groups excluding carboxylic acids is 1. The second-order valence-electron chi connectivity index (χ2n) is 5.53. The zero-order valence-corrected chi connectivity index (χ0v) is 13.8. The summed E-state index contributed by atoms with van der Waals surface area (Å²) in [4.78, 5) is 18.5. The highest BCUT2D eigenvalue weighted by atomic mass is 35.5. The molecule has 1 fully saturated rings. The summed E-state index contributed by atoms with van der Waals surface area (Å²) in [6.07, 6.45) is 3.59. The first-order valence-electron chi connectivity index (χ1n) is 7.02. The van der Waals surface area contributed by atoms with Gasteiger partial charge in [0.05, 0.1) is 7.11 Å². The van der Waals surface area contributed by atoms with Gasteiger partial charge >= 0.3 is 5.97 Å². The van der Waals surface area contributed by atoms with Crippen molar-refractivity contribution >= 4 is 34.0 Å². The van der Waals surface area contributed by atoms with Crippen molar-refractivity contribution in [2.75, 3.05) is 25.1 Å².